The van der Waals surface area contributed by atoms with Gasteiger partial charge < -0.3 is 15.2 Å². The molecule has 8 heteroatoms. The number of benzene rings is 4. The first-order valence-electron chi connectivity index (χ1n) is 11.7. The van der Waals surface area contributed by atoms with Crippen LogP contribution in [-0.4, -0.2) is 22.2 Å². The van der Waals surface area contributed by atoms with Crippen molar-refractivity contribution in [1.82, 2.24) is 5.32 Å². The van der Waals surface area contributed by atoms with Gasteiger partial charge in [0.05, 0.1) is 4.91 Å². The molecule has 6 nitrogen and oxygen atoms in total. The third-order valence-electron chi connectivity index (χ3n) is 5.29. The zero-order valence-corrected chi connectivity index (χ0v) is 24.0. The number of aliphatic imine (C=N–C) groups is 1. The zero-order valence-electron chi connectivity index (χ0n) is 21.2. The van der Waals surface area contributed by atoms with E-state index in [2.05, 4.69) is 34.6 Å². The van der Waals surface area contributed by atoms with Gasteiger partial charge in [0.15, 0.2) is 5.17 Å². The third-order valence-corrected chi connectivity index (χ3v) is 6.20. The number of nitrogens with zero attached hydrogens (tertiary/aromatic N) is 1. The van der Waals surface area contributed by atoms with E-state index in [1.54, 1.807) is 19.1 Å². The van der Waals surface area contributed by atoms with Gasteiger partial charge in [0.2, 0.25) is 0 Å². The van der Waals surface area contributed by atoms with Crippen LogP contribution in [0, 0.1) is 6.07 Å². The predicted molar refractivity (Wildman–Crippen MR) is 149 cm³/mol. The van der Waals surface area contributed by atoms with Gasteiger partial charge in [-0.15, -0.1) is 12.1 Å². The van der Waals surface area contributed by atoms with E-state index < -0.39 is 5.97 Å². The molecule has 4 aromatic carbocycles. The summed E-state index contributed by atoms with van der Waals surface area (Å²) in [5, 5.41) is 13.3. The molecule has 5 rings (SSSR count). The second kappa shape index (κ2) is 14.5. The van der Waals surface area contributed by atoms with E-state index >= 15 is 0 Å². The van der Waals surface area contributed by atoms with E-state index in [1.165, 1.54) is 11.8 Å². The summed E-state index contributed by atoms with van der Waals surface area (Å²) in [6, 6.07) is 32.5. The molecule has 1 heterocycles. The van der Waals surface area contributed by atoms with Crippen molar-refractivity contribution >= 4 is 51.3 Å². The molecule has 0 radical (unpaired) electrons. The number of carbonyl (C=O) groups excluding carboxylic acids is 1. The number of ether oxygens (including phenoxy) is 1. The van der Waals surface area contributed by atoms with Gasteiger partial charge in [0.1, 0.15) is 12.4 Å². The van der Waals surface area contributed by atoms with Crippen molar-refractivity contribution in [3.63, 3.8) is 0 Å². The van der Waals surface area contributed by atoms with Crippen molar-refractivity contribution < 1.29 is 49.0 Å². The van der Waals surface area contributed by atoms with Gasteiger partial charge in [-0.3, -0.25) is 14.6 Å². The molecular weight excluding hydrogens is 507 g/mol. The molecule has 0 aromatic heterocycles. The number of carboxylic acids is 1. The monoisotopic (exact) mass is 532 g/mol. The summed E-state index contributed by atoms with van der Waals surface area (Å²) in [5.41, 5.74) is 2.71. The first-order chi connectivity index (χ1) is 18.0. The molecule has 186 valence electrons. The van der Waals surface area contributed by atoms with Gasteiger partial charge in [-0.05, 0) is 52.0 Å². The fourth-order valence-corrected chi connectivity index (χ4v) is 4.23. The van der Waals surface area contributed by atoms with Crippen molar-refractivity contribution in [2.45, 2.75) is 20.0 Å². The molecule has 0 atom stereocenters. The Bertz CT molecular complexity index is 1460. The molecule has 38 heavy (non-hydrogen) atoms. The molecule has 0 aliphatic carbocycles. The Morgan fingerprint density at radius 1 is 1.03 bits per heavy atom. The van der Waals surface area contributed by atoms with Gasteiger partial charge in [-0.1, -0.05) is 61.5 Å². The zero-order chi connectivity index (χ0) is 26.0. The fraction of sp³-hybridized carbons (Fsp3) is 0.100. The Kier molecular flexibility index (Phi) is 11.2. The Labute approximate surface area is 248 Å². The standard InChI is InChI=1S/C27H19N2O2S.C3H6O2.Na/c30-26-25(32-27(29-26)28-23-13-5-2-6-14-23)17-22-15-20-11-7-8-12-21(20)16-24(22)31-18-19-9-3-1-4-10-19;1-2-3(4)5;/h1,3-17H,18H2,(H,28,29,30);2H2,1H3,(H,4,5);/q-1;;+1. The SMILES string of the molecule is CCC(=O)O.O=C1NC(=Nc2cc[c-]cc2)SC1=Cc1cc2ccccc2cc1OCc1ccccc1.[Na+]. The van der Waals surface area contributed by atoms with Crippen LogP contribution in [0.3, 0.4) is 0 Å². The maximum atomic E-state index is 12.6. The second-order valence-electron chi connectivity index (χ2n) is 8.00. The average molecular weight is 533 g/mol. The number of carboxylic acid groups (broad SMARTS) is 1. The molecule has 1 aliphatic heterocycles. The Morgan fingerprint density at radius 2 is 1.66 bits per heavy atom. The number of carbonyl (C=O) groups is 2. The number of aliphatic carboxylic acids is 1. The van der Waals surface area contributed by atoms with E-state index in [0.717, 1.165) is 33.3 Å². The minimum Gasteiger partial charge on any atom is -0.488 e. The molecule has 1 aliphatic rings. The summed E-state index contributed by atoms with van der Waals surface area (Å²) in [6.45, 7) is 2.05. The molecule has 1 saturated heterocycles. The minimum atomic E-state index is -0.745. The minimum absolute atomic E-state index is 0. The fourth-order valence-electron chi connectivity index (χ4n) is 3.40. The van der Waals surface area contributed by atoms with E-state index in [-0.39, 0.29) is 41.9 Å². The van der Waals surface area contributed by atoms with Gasteiger partial charge in [0.25, 0.3) is 5.91 Å². The second-order valence-corrected chi connectivity index (χ2v) is 9.03. The van der Waals surface area contributed by atoms with Crippen LogP contribution >= 0.6 is 11.8 Å². The topological polar surface area (TPSA) is 88.0 Å². The molecule has 4 aromatic rings. The number of hydrogen-bond donors (Lipinski definition) is 2. The van der Waals surface area contributed by atoms with Gasteiger partial charge in [0, 0.05) is 12.0 Å². The Balaban J connectivity index is 0.000000612. The van der Waals surface area contributed by atoms with Crippen molar-refractivity contribution in [2.75, 3.05) is 0 Å². The summed E-state index contributed by atoms with van der Waals surface area (Å²) in [7, 11) is 0. The van der Waals surface area contributed by atoms with Crippen LogP contribution in [0.25, 0.3) is 16.8 Å². The van der Waals surface area contributed by atoms with E-state index in [0.29, 0.717) is 16.7 Å². The normalized spacial score (nSPS) is 14.4. The molecular formula is C30H25N2NaO4S. The molecule has 2 N–H and O–H groups in total. The molecule has 0 spiro atoms. The average Bonchev–Trinajstić information content (AvgIpc) is 3.26. The van der Waals surface area contributed by atoms with E-state index in [9.17, 15) is 9.59 Å². The van der Waals surface area contributed by atoms with Crippen molar-refractivity contribution in [3.05, 3.63) is 113 Å². The molecule has 1 amide bonds. The first-order valence-corrected chi connectivity index (χ1v) is 12.5. The van der Waals surface area contributed by atoms with Crippen molar-refractivity contribution in [1.29, 1.82) is 0 Å². The van der Waals surface area contributed by atoms with Crippen LogP contribution in [0.4, 0.5) is 5.69 Å². The third kappa shape index (κ3) is 8.33. The summed E-state index contributed by atoms with van der Waals surface area (Å²) < 4.78 is 6.18. The number of amides is 1. The van der Waals surface area contributed by atoms with Gasteiger partial charge in [-0.25, -0.2) is 0 Å². The number of nitrogens with one attached hydrogen (secondary N) is 1. The van der Waals surface area contributed by atoms with E-state index in [1.807, 2.05) is 66.7 Å². The van der Waals surface area contributed by atoms with Crippen molar-refractivity contribution in [3.8, 4) is 5.75 Å². The van der Waals surface area contributed by atoms with Crippen LogP contribution in [0.1, 0.15) is 24.5 Å². The van der Waals surface area contributed by atoms with Gasteiger partial charge in [-0.2, -0.15) is 18.2 Å². The number of rotatable bonds is 6. The summed E-state index contributed by atoms with van der Waals surface area (Å²) >= 11 is 1.32. The molecule has 0 unspecified atom stereocenters. The Morgan fingerprint density at radius 3 is 2.32 bits per heavy atom. The molecule has 0 bridgehead atoms. The van der Waals surface area contributed by atoms with E-state index in [4.69, 9.17) is 9.84 Å². The maximum Gasteiger partial charge on any atom is 1.00 e. The van der Waals surface area contributed by atoms with Crippen LogP contribution < -0.4 is 39.6 Å². The number of fused-ring (bicyclic) bond motifs is 1. The molecule has 1 fully saturated rings. The predicted octanol–water partition coefficient (Wildman–Crippen LogP) is 3.60. The van der Waals surface area contributed by atoms with Crippen molar-refractivity contribution in [2.24, 2.45) is 4.99 Å². The number of thioether (sulfide) groups is 1. The van der Waals surface area contributed by atoms with Crippen LogP contribution in [0.15, 0.2) is 101 Å². The first kappa shape index (κ1) is 29.2. The number of amidine groups is 1. The summed E-state index contributed by atoms with van der Waals surface area (Å²) in [5.74, 6) is -0.180. The summed E-state index contributed by atoms with van der Waals surface area (Å²) in [4.78, 5) is 27.1. The largest absolute Gasteiger partial charge is 1.00 e. The maximum absolute atomic E-state index is 12.6. The smallest absolute Gasteiger partial charge is 0.488 e. The quantitative estimate of drug-likeness (QED) is 0.225. The van der Waals surface area contributed by atoms with Crippen LogP contribution in [0.2, 0.25) is 0 Å². The van der Waals surface area contributed by atoms with Crippen LogP contribution in [0.5, 0.6) is 5.75 Å². The number of hydrogen-bond acceptors (Lipinski definition) is 5. The summed E-state index contributed by atoms with van der Waals surface area (Å²) in [6.07, 6.45) is 2.09. The Hall–Kier alpha value is -3.36. The molecule has 0 saturated carbocycles. The van der Waals surface area contributed by atoms with Crippen LogP contribution in [-0.2, 0) is 16.2 Å². The van der Waals surface area contributed by atoms with Gasteiger partial charge >= 0.3 is 35.5 Å².